The van der Waals surface area contributed by atoms with Gasteiger partial charge in [-0.25, -0.2) is 0 Å². The number of nitrogens with one attached hydrogen (secondary N) is 1. The average Bonchev–Trinajstić information content (AvgIpc) is 2.28. The molecule has 2 heteroatoms. The molecule has 2 unspecified atom stereocenters. The summed E-state index contributed by atoms with van der Waals surface area (Å²) >= 11 is 3.62. The van der Waals surface area contributed by atoms with Crippen LogP contribution in [0.25, 0.3) is 0 Å². The molecule has 0 heterocycles. The van der Waals surface area contributed by atoms with Gasteiger partial charge in [0.2, 0.25) is 0 Å². The summed E-state index contributed by atoms with van der Waals surface area (Å²) in [6.07, 6.45) is 1.14. The van der Waals surface area contributed by atoms with Gasteiger partial charge in [-0.05, 0) is 36.4 Å². The molecular weight excluding hydrogens is 274 g/mol. The minimum absolute atomic E-state index is 0.577. The molecule has 0 spiro atoms. The summed E-state index contributed by atoms with van der Waals surface area (Å²) in [4.78, 5) is 0. The van der Waals surface area contributed by atoms with Gasteiger partial charge in [-0.1, -0.05) is 61.8 Å². The topological polar surface area (TPSA) is 12.0 Å². The first-order chi connectivity index (χ1) is 8.00. The number of hydrogen-bond donors (Lipinski definition) is 1. The van der Waals surface area contributed by atoms with Crippen molar-refractivity contribution in [1.82, 2.24) is 5.32 Å². The Morgan fingerprint density at radius 1 is 1.06 bits per heavy atom. The average molecular weight is 298 g/mol. The van der Waals surface area contributed by atoms with Gasteiger partial charge in [0.1, 0.15) is 0 Å². The van der Waals surface area contributed by atoms with Gasteiger partial charge < -0.3 is 5.32 Å². The molecule has 1 aromatic rings. The van der Waals surface area contributed by atoms with Crippen molar-refractivity contribution in [3.05, 3.63) is 34.3 Å². The summed E-state index contributed by atoms with van der Waals surface area (Å²) in [7, 11) is 0. The summed E-state index contributed by atoms with van der Waals surface area (Å²) in [5.41, 5.74) is 1.41. The Labute approximate surface area is 114 Å². The maximum Gasteiger partial charge on any atom is 0.0207 e. The highest BCUT2D eigenvalue weighted by atomic mass is 79.9. The van der Waals surface area contributed by atoms with Gasteiger partial charge in [-0.2, -0.15) is 0 Å². The minimum atomic E-state index is 0.577. The Bertz CT molecular complexity index is 335. The molecule has 0 aliphatic heterocycles. The summed E-state index contributed by atoms with van der Waals surface area (Å²) in [5.74, 6) is 1.39. The predicted molar refractivity (Wildman–Crippen MR) is 79.3 cm³/mol. The van der Waals surface area contributed by atoms with Crippen molar-refractivity contribution in [1.29, 1.82) is 0 Å². The first-order valence-corrected chi connectivity index (χ1v) is 7.26. The van der Waals surface area contributed by atoms with E-state index in [9.17, 15) is 0 Å². The zero-order chi connectivity index (χ0) is 12.8. The maximum atomic E-state index is 3.62. The number of rotatable bonds is 6. The van der Waals surface area contributed by atoms with Crippen LogP contribution in [0.15, 0.2) is 28.7 Å². The number of hydrogen-bond acceptors (Lipinski definition) is 1. The van der Waals surface area contributed by atoms with Crippen LogP contribution in [-0.4, -0.2) is 12.6 Å². The SMILES string of the molecule is CC(C)NCC(C)C(C)Cc1ccccc1Br. The van der Waals surface area contributed by atoms with Crippen molar-refractivity contribution in [2.45, 2.75) is 40.2 Å². The molecule has 0 amide bonds. The molecule has 0 aliphatic carbocycles. The summed E-state index contributed by atoms with van der Waals surface area (Å²) < 4.78 is 1.23. The maximum absolute atomic E-state index is 3.62. The third kappa shape index (κ3) is 5.22. The quantitative estimate of drug-likeness (QED) is 0.827. The van der Waals surface area contributed by atoms with Crippen molar-refractivity contribution < 1.29 is 0 Å². The summed E-state index contributed by atoms with van der Waals surface area (Å²) in [6, 6.07) is 9.10. The fourth-order valence-corrected chi connectivity index (χ4v) is 2.28. The fourth-order valence-electron chi connectivity index (χ4n) is 1.83. The van der Waals surface area contributed by atoms with Gasteiger partial charge in [0, 0.05) is 10.5 Å². The fraction of sp³-hybridized carbons (Fsp3) is 0.600. The molecule has 1 rings (SSSR count). The summed E-state index contributed by atoms with van der Waals surface area (Å²) in [6.45, 7) is 10.2. The molecule has 0 aliphatic rings. The molecule has 0 bridgehead atoms. The standard InChI is InChI=1S/C15H24BrN/c1-11(2)17-10-13(4)12(3)9-14-7-5-6-8-15(14)16/h5-8,11-13,17H,9-10H2,1-4H3. The number of benzene rings is 1. The molecule has 0 fully saturated rings. The van der Waals surface area contributed by atoms with Gasteiger partial charge in [-0.15, -0.1) is 0 Å². The van der Waals surface area contributed by atoms with E-state index < -0.39 is 0 Å². The van der Waals surface area contributed by atoms with Crippen LogP contribution in [-0.2, 0) is 6.42 Å². The van der Waals surface area contributed by atoms with E-state index in [0.29, 0.717) is 17.9 Å². The molecule has 96 valence electrons. The lowest BCUT2D eigenvalue weighted by Gasteiger charge is -2.22. The Hall–Kier alpha value is -0.340. The van der Waals surface area contributed by atoms with Crippen molar-refractivity contribution in [3.63, 3.8) is 0 Å². The van der Waals surface area contributed by atoms with Crippen molar-refractivity contribution in [2.24, 2.45) is 11.8 Å². The lowest BCUT2D eigenvalue weighted by molar-refractivity contribution is 0.354. The van der Waals surface area contributed by atoms with E-state index in [2.05, 4.69) is 73.2 Å². The molecule has 0 radical (unpaired) electrons. The Morgan fingerprint density at radius 2 is 1.71 bits per heavy atom. The van der Waals surface area contributed by atoms with Crippen LogP contribution in [0.4, 0.5) is 0 Å². The highest BCUT2D eigenvalue weighted by Gasteiger charge is 2.14. The van der Waals surface area contributed by atoms with E-state index >= 15 is 0 Å². The van der Waals surface area contributed by atoms with Gasteiger partial charge in [0.15, 0.2) is 0 Å². The molecule has 1 aromatic carbocycles. The number of halogens is 1. The third-order valence-corrected chi connectivity index (χ3v) is 4.09. The second-order valence-corrected chi connectivity index (χ2v) is 6.17. The molecule has 1 N–H and O–H groups in total. The van der Waals surface area contributed by atoms with Crippen molar-refractivity contribution in [2.75, 3.05) is 6.54 Å². The van der Waals surface area contributed by atoms with Crippen molar-refractivity contribution >= 4 is 15.9 Å². The van der Waals surface area contributed by atoms with Crippen LogP contribution < -0.4 is 5.32 Å². The summed E-state index contributed by atoms with van der Waals surface area (Å²) in [5, 5.41) is 3.51. The zero-order valence-electron chi connectivity index (χ0n) is 11.3. The van der Waals surface area contributed by atoms with E-state index in [4.69, 9.17) is 0 Å². The van der Waals surface area contributed by atoms with E-state index in [1.54, 1.807) is 0 Å². The highest BCUT2D eigenvalue weighted by Crippen LogP contribution is 2.22. The second kappa shape index (κ2) is 7.17. The molecule has 2 atom stereocenters. The van der Waals surface area contributed by atoms with Gasteiger partial charge in [-0.3, -0.25) is 0 Å². The van der Waals surface area contributed by atoms with E-state index in [0.717, 1.165) is 13.0 Å². The Kier molecular flexibility index (Phi) is 6.21. The Balaban J connectivity index is 2.48. The van der Waals surface area contributed by atoms with Gasteiger partial charge in [0.05, 0.1) is 0 Å². The smallest absolute Gasteiger partial charge is 0.0207 e. The Morgan fingerprint density at radius 3 is 2.29 bits per heavy atom. The van der Waals surface area contributed by atoms with Crippen LogP contribution >= 0.6 is 15.9 Å². The predicted octanol–water partition coefficient (Wildman–Crippen LogP) is 4.26. The second-order valence-electron chi connectivity index (χ2n) is 5.31. The largest absolute Gasteiger partial charge is 0.314 e. The molecular formula is C15H24BrN. The van der Waals surface area contributed by atoms with E-state index in [-0.39, 0.29) is 0 Å². The minimum Gasteiger partial charge on any atom is -0.314 e. The first-order valence-electron chi connectivity index (χ1n) is 6.47. The third-order valence-electron chi connectivity index (χ3n) is 3.32. The lowest BCUT2D eigenvalue weighted by Crippen LogP contribution is -2.31. The first kappa shape index (κ1) is 14.7. The monoisotopic (exact) mass is 297 g/mol. The van der Waals surface area contributed by atoms with Crippen LogP contribution in [0.2, 0.25) is 0 Å². The van der Waals surface area contributed by atoms with E-state index in [1.165, 1.54) is 10.0 Å². The molecule has 1 nitrogen and oxygen atoms in total. The van der Waals surface area contributed by atoms with Crippen LogP contribution in [0.3, 0.4) is 0 Å². The van der Waals surface area contributed by atoms with Crippen molar-refractivity contribution in [3.8, 4) is 0 Å². The highest BCUT2D eigenvalue weighted by molar-refractivity contribution is 9.10. The molecule has 0 aromatic heterocycles. The van der Waals surface area contributed by atoms with Gasteiger partial charge in [0.25, 0.3) is 0 Å². The van der Waals surface area contributed by atoms with Crippen LogP contribution in [0, 0.1) is 11.8 Å². The normalized spacial score (nSPS) is 14.9. The molecule has 17 heavy (non-hydrogen) atoms. The zero-order valence-corrected chi connectivity index (χ0v) is 12.9. The van der Waals surface area contributed by atoms with Crippen LogP contribution in [0.1, 0.15) is 33.3 Å². The van der Waals surface area contributed by atoms with Gasteiger partial charge >= 0.3 is 0 Å². The lowest BCUT2D eigenvalue weighted by atomic mass is 9.89. The van der Waals surface area contributed by atoms with Crippen LogP contribution in [0.5, 0.6) is 0 Å². The van der Waals surface area contributed by atoms with E-state index in [1.807, 2.05) is 0 Å². The molecule has 0 saturated carbocycles. The molecule has 0 saturated heterocycles.